The number of nitrogen functional groups attached to an aromatic ring is 1. The number of hydrazine groups is 1. The minimum atomic E-state index is -0.259. The standard InChI is InChI=1S/C12H16N6O/c1-8(2)18-6-5-11(17-18)15-12(19)9-3-4-10(16-13)14-7-9/h3-8H,13H2,1-2H3,(H,14,16)(H,15,17,19). The number of nitrogens with zero attached hydrogens (tertiary/aromatic N) is 3. The highest BCUT2D eigenvalue weighted by atomic mass is 16.1. The summed E-state index contributed by atoms with van der Waals surface area (Å²) < 4.78 is 1.77. The fourth-order valence-corrected chi connectivity index (χ4v) is 1.49. The molecule has 0 aliphatic rings. The van der Waals surface area contributed by atoms with Gasteiger partial charge in [-0.1, -0.05) is 0 Å². The highest BCUT2D eigenvalue weighted by Crippen LogP contribution is 2.10. The molecule has 0 bridgehead atoms. The van der Waals surface area contributed by atoms with Crippen LogP contribution < -0.4 is 16.6 Å². The van der Waals surface area contributed by atoms with Gasteiger partial charge in [0, 0.05) is 24.5 Å². The fourth-order valence-electron chi connectivity index (χ4n) is 1.49. The molecule has 0 aromatic carbocycles. The summed E-state index contributed by atoms with van der Waals surface area (Å²) in [4.78, 5) is 15.9. The average molecular weight is 260 g/mol. The van der Waals surface area contributed by atoms with E-state index in [9.17, 15) is 4.79 Å². The first kappa shape index (κ1) is 13.0. The van der Waals surface area contributed by atoms with Crippen molar-refractivity contribution in [2.45, 2.75) is 19.9 Å². The third kappa shape index (κ3) is 3.08. The van der Waals surface area contributed by atoms with Crippen LogP contribution in [0.3, 0.4) is 0 Å². The summed E-state index contributed by atoms with van der Waals surface area (Å²) in [6.07, 6.45) is 3.27. The second-order valence-electron chi connectivity index (χ2n) is 4.31. The van der Waals surface area contributed by atoms with Crippen LogP contribution in [0.5, 0.6) is 0 Å². The molecular formula is C12H16N6O. The first-order chi connectivity index (χ1) is 9.10. The lowest BCUT2D eigenvalue weighted by molar-refractivity contribution is 0.102. The van der Waals surface area contributed by atoms with E-state index in [1.165, 1.54) is 6.20 Å². The Morgan fingerprint density at radius 1 is 1.32 bits per heavy atom. The van der Waals surface area contributed by atoms with Crippen LogP contribution >= 0.6 is 0 Å². The van der Waals surface area contributed by atoms with Gasteiger partial charge >= 0.3 is 0 Å². The van der Waals surface area contributed by atoms with Crippen LogP contribution in [-0.2, 0) is 0 Å². The molecule has 0 unspecified atom stereocenters. The van der Waals surface area contributed by atoms with Crippen molar-refractivity contribution in [3.63, 3.8) is 0 Å². The monoisotopic (exact) mass is 260 g/mol. The smallest absolute Gasteiger partial charge is 0.258 e. The maximum Gasteiger partial charge on any atom is 0.258 e. The number of nitrogens with two attached hydrogens (primary N) is 1. The number of anilines is 2. The van der Waals surface area contributed by atoms with Gasteiger partial charge in [-0.2, -0.15) is 5.10 Å². The Balaban J connectivity index is 2.06. The van der Waals surface area contributed by atoms with Gasteiger partial charge in [0.05, 0.1) is 5.56 Å². The molecular weight excluding hydrogens is 244 g/mol. The largest absolute Gasteiger partial charge is 0.308 e. The molecule has 0 aliphatic heterocycles. The lowest BCUT2D eigenvalue weighted by Crippen LogP contribution is -2.14. The van der Waals surface area contributed by atoms with Crippen LogP contribution in [0, 0.1) is 0 Å². The van der Waals surface area contributed by atoms with Crippen LogP contribution in [0.25, 0.3) is 0 Å². The number of aromatic nitrogens is 3. The number of nitrogens with one attached hydrogen (secondary N) is 2. The summed E-state index contributed by atoms with van der Waals surface area (Å²) >= 11 is 0. The average Bonchev–Trinajstić information content (AvgIpc) is 2.87. The number of rotatable bonds is 4. The predicted molar refractivity (Wildman–Crippen MR) is 72.6 cm³/mol. The molecule has 4 N–H and O–H groups in total. The molecule has 2 rings (SSSR count). The van der Waals surface area contributed by atoms with Crippen molar-refractivity contribution in [2.75, 3.05) is 10.7 Å². The van der Waals surface area contributed by atoms with E-state index in [1.54, 1.807) is 22.9 Å². The molecule has 0 aliphatic carbocycles. The maximum atomic E-state index is 11.9. The Bertz CT molecular complexity index is 560. The molecule has 2 aromatic heterocycles. The number of carbonyl (C=O) groups excluding carboxylic acids is 1. The summed E-state index contributed by atoms with van der Waals surface area (Å²) in [5, 5.41) is 6.95. The number of hydrogen-bond acceptors (Lipinski definition) is 5. The van der Waals surface area contributed by atoms with E-state index in [1.807, 2.05) is 20.0 Å². The Kier molecular flexibility index (Phi) is 3.76. The van der Waals surface area contributed by atoms with Crippen molar-refractivity contribution >= 4 is 17.5 Å². The topological polar surface area (TPSA) is 97.9 Å². The van der Waals surface area contributed by atoms with Gasteiger partial charge in [0.1, 0.15) is 5.82 Å². The Labute approximate surface area is 110 Å². The summed E-state index contributed by atoms with van der Waals surface area (Å²) in [7, 11) is 0. The third-order valence-electron chi connectivity index (χ3n) is 2.55. The lowest BCUT2D eigenvalue weighted by Gasteiger charge is -2.05. The zero-order valence-electron chi connectivity index (χ0n) is 10.8. The normalized spacial score (nSPS) is 10.5. The molecule has 100 valence electrons. The minimum absolute atomic E-state index is 0.252. The molecule has 0 spiro atoms. The molecule has 7 nitrogen and oxygen atoms in total. The predicted octanol–water partition coefficient (Wildman–Crippen LogP) is 1.40. The molecule has 0 saturated carbocycles. The number of carbonyl (C=O) groups is 1. The second kappa shape index (κ2) is 5.49. The maximum absolute atomic E-state index is 11.9. The Morgan fingerprint density at radius 3 is 2.63 bits per heavy atom. The summed E-state index contributed by atoms with van der Waals surface area (Å²) in [5.41, 5.74) is 2.84. The lowest BCUT2D eigenvalue weighted by atomic mass is 10.2. The van der Waals surface area contributed by atoms with E-state index in [4.69, 9.17) is 5.84 Å². The van der Waals surface area contributed by atoms with Gasteiger partial charge in [-0.3, -0.25) is 9.48 Å². The van der Waals surface area contributed by atoms with Gasteiger partial charge in [-0.15, -0.1) is 0 Å². The van der Waals surface area contributed by atoms with Crippen LogP contribution in [0.1, 0.15) is 30.2 Å². The zero-order valence-corrected chi connectivity index (χ0v) is 10.8. The molecule has 0 radical (unpaired) electrons. The van der Waals surface area contributed by atoms with E-state index in [-0.39, 0.29) is 11.9 Å². The van der Waals surface area contributed by atoms with Crippen molar-refractivity contribution in [3.8, 4) is 0 Å². The van der Waals surface area contributed by atoms with Gasteiger partial charge in [0.2, 0.25) is 0 Å². The van der Waals surface area contributed by atoms with Crippen LogP contribution in [-0.4, -0.2) is 20.7 Å². The molecule has 7 heteroatoms. The Morgan fingerprint density at radius 2 is 2.11 bits per heavy atom. The molecule has 0 atom stereocenters. The van der Waals surface area contributed by atoms with Gasteiger partial charge in [0.25, 0.3) is 5.91 Å². The van der Waals surface area contributed by atoms with E-state index in [0.29, 0.717) is 17.2 Å². The molecule has 0 fully saturated rings. The van der Waals surface area contributed by atoms with Gasteiger partial charge in [-0.05, 0) is 26.0 Å². The van der Waals surface area contributed by atoms with E-state index in [2.05, 4.69) is 20.8 Å². The highest BCUT2D eigenvalue weighted by Gasteiger charge is 2.09. The van der Waals surface area contributed by atoms with Crippen LogP contribution in [0.4, 0.5) is 11.6 Å². The van der Waals surface area contributed by atoms with E-state index in [0.717, 1.165) is 0 Å². The van der Waals surface area contributed by atoms with Gasteiger partial charge < -0.3 is 10.7 Å². The Hall–Kier alpha value is -2.41. The number of amides is 1. The van der Waals surface area contributed by atoms with Crippen molar-refractivity contribution < 1.29 is 4.79 Å². The molecule has 0 saturated heterocycles. The van der Waals surface area contributed by atoms with E-state index < -0.39 is 0 Å². The van der Waals surface area contributed by atoms with Crippen LogP contribution in [0.15, 0.2) is 30.6 Å². The molecule has 2 heterocycles. The molecule has 1 amide bonds. The third-order valence-corrected chi connectivity index (χ3v) is 2.55. The summed E-state index contributed by atoms with van der Waals surface area (Å²) in [5.74, 6) is 5.96. The van der Waals surface area contributed by atoms with Gasteiger partial charge in [0.15, 0.2) is 5.82 Å². The quantitative estimate of drug-likeness (QED) is 0.570. The highest BCUT2D eigenvalue weighted by molar-refractivity contribution is 6.03. The molecule has 2 aromatic rings. The first-order valence-corrected chi connectivity index (χ1v) is 5.89. The summed E-state index contributed by atoms with van der Waals surface area (Å²) in [6.45, 7) is 4.03. The van der Waals surface area contributed by atoms with E-state index >= 15 is 0 Å². The number of pyridine rings is 1. The fraction of sp³-hybridized carbons (Fsp3) is 0.250. The van der Waals surface area contributed by atoms with Crippen LogP contribution in [0.2, 0.25) is 0 Å². The van der Waals surface area contributed by atoms with Crippen molar-refractivity contribution in [1.29, 1.82) is 0 Å². The first-order valence-electron chi connectivity index (χ1n) is 5.89. The van der Waals surface area contributed by atoms with Gasteiger partial charge in [-0.25, -0.2) is 10.8 Å². The SMILES string of the molecule is CC(C)n1ccc(NC(=O)c2ccc(NN)nc2)n1. The summed E-state index contributed by atoms with van der Waals surface area (Å²) in [6, 6.07) is 5.27. The van der Waals surface area contributed by atoms with Crippen molar-refractivity contribution in [3.05, 3.63) is 36.2 Å². The zero-order chi connectivity index (χ0) is 13.8. The second-order valence-corrected chi connectivity index (χ2v) is 4.31. The van der Waals surface area contributed by atoms with Crippen molar-refractivity contribution in [2.24, 2.45) is 5.84 Å². The number of hydrogen-bond donors (Lipinski definition) is 3. The van der Waals surface area contributed by atoms with Crippen molar-refractivity contribution in [1.82, 2.24) is 14.8 Å². The molecule has 19 heavy (non-hydrogen) atoms. The minimum Gasteiger partial charge on any atom is -0.308 e.